The van der Waals surface area contributed by atoms with Crippen LogP contribution in [-0.2, 0) is 26.4 Å². The molecule has 26 heavy (non-hydrogen) atoms. The third kappa shape index (κ3) is 3.70. The molecule has 2 heterocycles. The molecule has 0 atom stereocenters. The summed E-state index contributed by atoms with van der Waals surface area (Å²) in [5.41, 5.74) is 3.41. The molecule has 0 saturated carbocycles. The number of aromatic nitrogens is 2. The van der Waals surface area contributed by atoms with E-state index < -0.39 is 0 Å². The maximum atomic E-state index is 13.0. The summed E-state index contributed by atoms with van der Waals surface area (Å²) in [5.74, 6) is 0.733. The third-order valence-electron chi connectivity index (χ3n) is 4.90. The number of carbonyl (C=O) groups is 1. The number of carbonyl (C=O) groups excluding carboxylic acids is 1. The van der Waals surface area contributed by atoms with Crippen LogP contribution in [0.15, 0.2) is 29.1 Å². The second-order valence-electron chi connectivity index (χ2n) is 7.18. The van der Waals surface area contributed by atoms with E-state index >= 15 is 0 Å². The number of nitrogens with zero attached hydrogens (tertiary/aromatic N) is 4. The quantitative estimate of drug-likeness (QED) is 0.836. The Balaban J connectivity index is 1.81. The van der Waals surface area contributed by atoms with Crippen molar-refractivity contribution in [3.8, 4) is 0 Å². The highest BCUT2D eigenvalue weighted by Crippen LogP contribution is 2.15. The fraction of sp³-hybridized carbons (Fsp3) is 0.450. The lowest BCUT2D eigenvalue weighted by Crippen LogP contribution is -2.33. The zero-order valence-electron chi connectivity index (χ0n) is 16.0. The molecule has 6 nitrogen and oxygen atoms in total. The predicted octanol–water partition coefficient (Wildman–Crippen LogP) is 1.39. The van der Waals surface area contributed by atoms with E-state index in [1.165, 1.54) is 0 Å². The SMILES string of the molecule is Cc1nc2c(c(=O)n1C)CCN(C(=O)c1cccc(CN(C)C)c1)CC2. The Morgan fingerprint density at radius 2 is 1.96 bits per heavy atom. The van der Waals surface area contributed by atoms with Crippen LogP contribution in [0.3, 0.4) is 0 Å². The largest absolute Gasteiger partial charge is 0.338 e. The van der Waals surface area contributed by atoms with Crippen molar-refractivity contribution in [2.24, 2.45) is 7.05 Å². The van der Waals surface area contributed by atoms with Gasteiger partial charge in [-0.25, -0.2) is 4.98 Å². The molecule has 1 amide bonds. The van der Waals surface area contributed by atoms with E-state index in [0.717, 1.165) is 23.4 Å². The fourth-order valence-corrected chi connectivity index (χ4v) is 3.42. The molecule has 2 aromatic rings. The van der Waals surface area contributed by atoms with Gasteiger partial charge in [0.2, 0.25) is 0 Å². The van der Waals surface area contributed by atoms with Crippen molar-refractivity contribution < 1.29 is 4.79 Å². The molecule has 0 saturated heterocycles. The lowest BCUT2D eigenvalue weighted by Gasteiger charge is -2.20. The van der Waals surface area contributed by atoms with Crippen LogP contribution < -0.4 is 5.56 Å². The van der Waals surface area contributed by atoms with E-state index in [1.54, 1.807) is 11.6 Å². The second-order valence-corrected chi connectivity index (χ2v) is 7.18. The summed E-state index contributed by atoms with van der Waals surface area (Å²) in [5, 5.41) is 0. The van der Waals surface area contributed by atoms with Crippen molar-refractivity contribution in [1.29, 1.82) is 0 Å². The van der Waals surface area contributed by atoms with Crippen LogP contribution in [0.5, 0.6) is 0 Å². The van der Waals surface area contributed by atoms with Crippen LogP contribution in [0.4, 0.5) is 0 Å². The van der Waals surface area contributed by atoms with Crippen LogP contribution >= 0.6 is 0 Å². The average Bonchev–Trinajstić information content (AvgIpc) is 2.81. The van der Waals surface area contributed by atoms with Gasteiger partial charge in [-0.3, -0.25) is 14.2 Å². The Morgan fingerprint density at radius 1 is 1.23 bits per heavy atom. The Kier molecular flexibility index (Phi) is 5.23. The van der Waals surface area contributed by atoms with Gasteiger partial charge in [-0.05, 0) is 45.1 Å². The minimum Gasteiger partial charge on any atom is -0.338 e. The molecule has 0 spiro atoms. The van der Waals surface area contributed by atoms with Gasteiger partial charge >= 0.3 is 0 Å². The minimum absolute atomic E-state index is 0.00905. The van der Waals surface area contributed by atoms with Crippen LogP contribution in [0.25, 0.3) is 0 Å². The molecule has 0 fully saturated rings. The molecule has 6 heteroatoms. The molecule has 0 bridgehead atoms. The van der Waals surface area contributed by atoms with Crippen molar-refractivity contribution in [3.05, 3.63) is 62.8 Å². The summed E-state index contributed by atoms with van der Waals surface area (Å²) in [6, 6.07) is 7.79. The number of rotatable bonds is 3. The first-order chi connectivity index (χ1) is 12.4. The summed E-state index contributed by atoms with van der Waals surface area (Å²) in [6.07, 6.45) is 1.17. The first-order valence-corrected chi connectivity index (χ1v) is 8.95. The standard InChI is InChI=1S/C20H26N4O2/c1-14-21-18-9-11-24(10-8-17(18)20(26)23(14)4)19(25)16-7-5-6-15(12-16)13-22(2)3/h5-7,12H,8-11,13H2,1-4H3. The summed E-state index contributed by atoms with van der Waals surface area (Å²) in [6.45, 7) is 3.77. The summed E-state index contributed by atoms with van der Waals surface area (Å²) >= 11 is 0. The Hall–Kier alpha value is -2.47. The molecule has 1 aromatic carbocycles. The van der Waals surface area contributed by atoms with Gasteiger partial charge in [-0.2, -0.15) is 0 Å². The van der Waals surface area contributed by atoms with Crippen LogP contribution in [0, 0.1) is 6.92 Å². The van der Waals surface area contributed by atoms with Crippen LogP contribution in [-0.4, -0.2) is 52.4 Å². The topological polar surface area (TPSA) is 58.4 Å². The van der Waals surface area contributed by atoms with E-state index in [0.29, 0.717) is 37.3 Å². The van der Waals surface area contributed by atoms with E-state index in [4.69, 9.17) is 0 Å². The monoisotopic (exact) mass is 354 g/mol. The fourth-order valence-electron chi connectivity index (χ4n) is 3.42. The van der Waals surface area contributed by atoms with Gasteiger partial charge in [0, 0.05) is 44.2 Å². The maximum Gasteiger partial charge on any atom is 0.256 e. The van der Waals surface area contributed by atoms with Gasteiger partial charge in [-0.15, -0.1) is 0 Å². The second kappa shape index (κ2) is 7.41. The zero-order chi connectivity index (χ0) is 18.8. The molecule has 1 aromatic heterocycles. The molecular weight excluding hydrogens is 328 g/mol. The normalized spacial score (nSPS) is 14.3. The number of amides is 1. The number of hydrogen-bond acceptors (Lipinski definition) is 4. The number of benzene rings is 1. The van der Waals surface area contributed by atoms with Gasteiger partial charge in [0.15, 0.2) is 0 Å². The predicted molar refractivity (Wildman–Crippen MR) is 101 cm³/mol. The molecule has 1 aliphatic rings. The number of aryl methyl sites for hydroxylation is 1. The van der Waals surface area contributed by atoms with E-state index in [-0.39, 0.29) is 11.5 Å². The summed E-state index contributed by atoms with van der Waals surface area (Å²) < 4.78 is 1.58. The molecule has 0 N–H and O–H groups in total. The van der Waals surface area contributed by atoms with Crippen LogP contribution in [0.2, 0.25) is 0 Å². The molecule has 1 aliphatic heterocycles. The van der Waals surface area contributed by atoms with Crippen molar-refractivity contribution in [2.75, 3.05) is 27.2 Å². The van der Waals surface area contributed by atoms with Gasteiger partial charge in [0.1, 0.15) is 5.82 Å². The lowest BCUT2D eigenvalue weighted by molar-refractivity contribution is 0.0762. The number of hydrogen-bond donors (Lipinski definition) is 0. The summed E-state index contributed by atoms with van der Waals surface area (Å²) in [7, 11) is 5.76. The van der Waals surface area contributed by atoms with Crippen molar-refractivity contribution in [3.63, 3.8) is 0 Å². The Labute approximate surface area is 154 Å². The minimum atomic E-state index is 0.00905. The lowest BCUT2D eigenvalue weighted by atomic mass is 10.1. The smallest absolute Gasteiger partial charge is 0.256 e. The molecular formula is C20H26N4O2. The Morgan fingerprint density at radius 3 is 2.69 bits per heavy atom. The highest BCUT2D eigenvalue weighted by molar-refractivity contribution is 5.94. The molecule has 0 unspecified atom stereocenters. The van der Waals surface area contributed by atoms with Gasteiger partial charge in [0.25, 0.3) is 11.5 Å². The molecule has 3 rings (SSSR count). The highest BCUT2D eigenvalue weighted by atomic mass is 16.2. The summed E-state index contributed by atoms with van der Waals surface area (Å²) in [4.78, 5) is 33.9. The van der Waals surface area contributed by atoms with E-state index in [9.17, 15) is 9.59 Å². The highest BCUT2D eigenvalue weighted by Gasteiger charge is 2.23. The first kappa shape index (κ1) is 18.3. The first-order valence-electron chi connectivity index (χ1n) is 8.95. The van der Waals surface area contributed by atoms with Crippen molar-refractivity contribution in [2.45, 2.75) is 26.3 Å². The van der Waals surface area contributed by atoms with Gasteiger partial charge < -0.3 is 9.80 Å². The number of fused-ring (bicyclic) bond motifs is 1. The van der Waals surface area contributed by atoms with E-state index in [1.807, 2.05) is 50.2 Å². The third-order valence-corrected chi connectivity index (χ3v) is 4.90. The molecule has 0 radical (unpaired) electrons. The Bertz CT molecular complexity index is 886. The molecule has 0 aliphatic carbocycles. The zero-order valence-corrected chi connectivity index (χ0v) is 16.0. The molecule has 138 valence electrons. The maximum absolute atomic E-state index is 13.0. The van der Waals surface area contributed by atoms with Crippen molar-refractivity contribution >= 4 is 5.91 Å². The van der Waals surface area contributed by atoms with Crippen molar-refractivity contribution in [1.82, 2.24) is 19.4 Å². The van der Waals surface area contributed by atoms with Gasteiger partial charge in [0.05, 0.1) is 5.69 Å². The average molecular weight is 354 g/mol. The van der Waals surface area contributed by atoms with Gasteiger partial charge in [-0.1, -0.05) is 12.1 Å². The van der Waals surface area contributed by atoms with Crippen LogP contribution in [0.1, 0.15) is 33.0 Å². The van der Waals surface area contributed by atoms with E-state index in [2.05, 4.69) is 9.88 Å².